The van der Waals surface area contributed by atoms with Crippen LogP contribution in [0.1, 0.15) is 29.5 Å². The number of nitrogens with one attached hydrogen (secondary N) is 1. The third-order valence-corrected chi connectivity index (χ3v) is 6.83. The number of benzene rings is 2. The van der Waals surface area contributed by atoms with E-state index in [4.69, 9.17) is 0 Å². The van der Waals surface area contributed by atoms with Crippen molar-refractivity contribution in [3.05, 3.63) is 91.9 Å². The van der Waals surface area contributed by atoms with Crippen LogP contribution in [0.3, 0.4) is 0 Å². The van der Waals surface area contributed by atoms with E-state index in [0.717, 1.165) is 35.0 Å². The summed E-state index contributed by atoms with van der Waals surface area (Å²) in [5, 5.41) is 3.36. The van der Waals surface area contributed by atoms with Crippen LogP contribution >= 0.6 is 22.6 Å². The summed E-state index contributed by atoms with van der Waals surface area (Å²) in [6.07, 6.45) is 2.92. The molecule has 0 aliphatic rings. The van der Waals surface area contributed by atoms with Crippen LogP contribution in [0.5, 0.6) is 0 Å². The number of alkyl halides is 1. The lowest BCUT2D eigenvalue weighted by atomic mass is 10.1. The molecule has 2 heterocycles. The quantitative estimate of drug-likeness (QED) is 0.186. The maximum Gasteiger partial charge on any atom is 0.332 e. The Balaban J connectivity index is 1.65. The molecule has 178 valence electrons. The summed E-state index contributed by atoms with van der Waals surface area (Å²) in [5.41, 5.74) is 2.91. The fourth-order valence-corrected chi connectivity index (χ4v) is 4.79. The van der Waals surface area contributed by atoms with Crippen molar-refractivity contribution in [1.82, 2.24) is 18.7 Å². The minimum Gasteiger partial charge on any atom is -0.356 e. The van der Waals surface area contributed by atoms with E-state index in [9.17, 15) is 14.0 Å². The average Bonchev–Trinajstić information content (AvgIpc) is 3.21. The van der Waals surface area contributed by atoms with Crippen molar-refractivity contribution in [2.45, 2.75) is 30.2 Å². The van der Waals surface area contributed by atoms with E-state index < -0.39 is 11.2 Å². The lowest BCUT2D eigenvalue weighted by molar-refractivity contribution is 0.624. The first kappa shape index (κ1) is 24.2. The average molecular weight is 575 g/mol. The minimum absolute atomic E-state index is 0.291. The number of aryl methyl sites for hydroxylation is 2. The SMILES string of the molecule is Cn1c(=O)c2c(nc(NCCCCc3ccccc3)n2Cc2ccc(F)cc2CI)n(C)c1=O. The van der Waals surface area contributed by atoms with Crippen LogP contribution in [-0.2, 0) is 31.5 Å². The Hall–Kier alpha value is -2.95. The Morgan fingerprint density at radius 1 is 1.00 bits per heavy atom. The smallest absolute Gasteiger partial charge is 0.332 e. The zero-order valence-corrected chi connectivity index (χ0v) is 21.4. The summed E-state index contributed by atoms with van der Waals surface area (Å²) in [6.45, 7) is 1.02. The van der Waals surface area contributed by atoms with Crippen LogP contribution in [-0.4, -0.2) is 25.2 Å². The van der Waals surface area contributed by atoms with E-state index in [0.29, 0.717) is 34.6 Å². The highest BCUT2D eigenvalue weighted by molar-refractivity contribution is 14.1. The maximum atomic E-state index is 13.8. The molecule has 0 saturated heterocycles. The topological polar surface area (TPSA) is 73.8 Å². The van der Waals surface area contributed by atoms with Crippen molar-refractivity contribution < 1.29 is 4.39 Å². The molecule has 2 aromatic heterocycles. The van der Waals surface area contributed by atoms with Gasteiger partial charge in [0.2, 0.25) is 5.95 Å². The second-order valence-electron chi connectivity index (χ2n) is 8.32. The zero-order valence-electron chi connectivity index (χ0n) is 19.2. The van der Waals surface area contributed by atoms with Crippen LogP contribution < -0.4 is 16.6 Å². The molecule has 0 spiro atoms. The zero-order chi connectivity index (χ0) is 24.2. The summed E-state index contributed by atoms with van der Waals surface area (Å²) in [6, 6.07) is 15.0. The maximum absolute atomic E-state index is 13.8. The second-order valence-corrected chi connectivity index (χ2v) is 9.08. The predicted molar refractivity (Wildman–Crippen MR) is 141 cm³/mol. The first-order valence-corrected chi connectivity index (χ1v) is 12.7. The van der Waals surface area contributed by atoms with Gasteiger partial charge in [-0.05, 0) is 48.1 Å². The van der Waals surface area contributed by atoms with Crippen molar-refractivity contribution in [3.8, 4) is 0 Å². The van der Waals surface area contributed by atoms with E-state index in [1.807, 2.05) is 18.2 Å². The van der Waals surface area contributed by atoms with E-state index in [-0.39, 0.29) is 5.82 Å². The second kappa shape index (κ2) is 10.5. The van der Waals surface area contributed by atoms with Gasteiger partial charge in [-0.15, -0.1) is 0 Å². The van der Waals surface area contributed by atoms with Gasteiger partial charge in [0.15, 0.2) is 11.2 Å². The molecule has 0 atom stereocenters. The number of hydrogen-bond donors (Lipinski definition) is 1. The Labute approximate surface area is 210 Å². The lowest BCUT2D eigenvalue weighted by Crippen LogP contribution is -2.37. The normalized spacial score (nSPS) is 11.3. The summed E-state index contributed by atoms with van der Waals surface area (Å²) < 4.78 is 18.7. The predicted octanol–water partition coefficient (Wildman–Crippen LogP) is 3.99. The van der Waals surface area contributed by atoms with Crippen molar-refractivity contribution in [1.29, 1.82) is 0 Å². The first-order valence-electron chi connectivity index (χ1n) is 11.2. The molecule has 34 heavy (non-hydrogen) atoms. The van der Waals surface area contributed by atoms with E-state index >= 15 is 0 Å². The van der Waals surface area contributed by atoms with E-state index in [1.54, 1.807) is 17.7 Å². The van der Waals surface area contributed by atoms with Crippen molar-refractivity contribution in [2.24, 2.45) is 14.1 Å². The lowest BCUT2D eigenvalue weighted by Gasteiger charge is -2.13. The molecule has 4 rings (SSSR count). The molecule has 0 unspecified atom stereocenters. The molecule has 4 aromatic rings. The van der Waals surface area contributed by atoms with Gasteiger partial charge in [-0.25, -0.2) is 9.18 Å². The summed E-state index contributed by atoms with van der Waals surface area (Å²) in [5.74, 6) is 0.234. The van der Waals surface area contributed by atoms with Crippen LogP contribution in [0.25, 0.3) is 11.2 Å². The van der Waals surface area contributed by atoms with Gasteiger partial charge in [-0.3, -0.25) is 18.5 Å². The van der Waals surface area contributed by atoms with Crippen molar-refractivity contribution >= 4 is 39.7 Å². The molecular formula is C25H27FIN5O2. The Morgan fingerprint density at radius 3 is 2.50 bits per heavy atom. The summed E-state index contributed by atoms with van der Waals surface area (Å²) in [4.78, 5) is 30.2. The molecule has 0 aliphatic carbocycles. The number of unbranched alkanes of at least 4 members (excludes halogenated alkanes) is 1. The van der Waals surface area contributed by atoms with Gasteiger partial charge in [0.05, 0.1) is 6.54 Å². The van der Waals surface area contributed by atoms with E-state index in [2.05, 4.69) is 45.0 Å². The number of anilines is 1. The monoisotopic (exact) mass is 575 g/mol. The third kappa shape index (κ3) is 4.94. The first-order chi connectivity index (χ1) is 16.4. The van der Waals surface area contributed by atoms with Crippen LogP contribution in [0.2, 0.25) is 0 Å². The number of aromatic nitrogens is 4. The number of halogens is 2. The molecule has 0 radical (unpaired) electrons. The van der Waals surface area contributed by atoms with Crippen LogP contribution in [0, 0.1) is 5.82 Å². The van der Waals surface area contributed by atoms with Crippen molar-refractivity contribution in [2.75, 3.05) is 11.9 Å². The largest absolute Gasteiger partial charge is 0.356 e. The Bertz CT molecular complexity index is 1430. The highest BCUT2D eigenvalue weighted by Crippen LogP contribution is 2.22. The van der Waals surface area contributed by atoms with Gasteiger partial charge in [0.25, 0.3) is 5.56 Å². The molecule has 0 saturated carbocycles. The molecule has 1 N–H and O–H groups in total. The number of hydrogen-bond acceptors (Lipinski definition) is 4. The van der Waals surface area contributed by atoms with Crippen molar-refractivity contribution in [3.63, 3.8) is 0 Å². The molecule has 0 bridgehead atoms. The minimum atomic E-state index is -0.425. The van der Waals surface area contributed by atoms with Gasteiger partial charge in [-0.1, -0.05) is 59.0 Å². The molecule has 0 fully saturated rings. The molecular weight excluding hydrogens is 548 g/mol. The number of fused-ring (bicyclic) bond motifs is 1. The van der Waals surface area contributed by atoms with Gasteiger partial charge >= 0.3 is 5.69 Å². The number of nitrogens with zero attached hydrogens (tertiary/aromatic N) is 4. The van der Waals surface area contributed by atoms with Gasteiger partial charge < -0.3 is 5.32 Å². The number of rotatable bonds is 9. The molecule has 0 amide bonds. The number of imidazole rings is 1. The molecule has 9 heteroatoms. The molecule has 0 aliphatic heterocycles. The van der Waals surface area contributed by atoms with Gasteiger partial charge in [0.1, 0.15) is 5.82 Å². The highest BCUT2D eigenvalue weighted by atomic mass is 127. The fourth-order valence-electron chi connectivity index (χ4n) is 4.08. The Kier molecular flexibility index (Phi) is 7.50. The third-order valence-electron chi connectivity index (χ3n) is 6.01. The van der Waals surface area contributed by atoms with Crippen LogP contribution in [0.4, 0.5) is 10.3 Å². The Morgan fingerprint density at radius 2 is 1.76 bits per heavy atom. The van der Waals surface area contributed by atoms with Gasteiger partial charge in [0, 0.05) is 25.1 Å². The molecule has 7 nitrogen and oxygen atoms in total. The van der Waals surface area contributed by atoms with E-state index in [1.165, 1.54) is 29.3 Å². The molecule has 2 aromatic carbocycles. The standard InChI is InChI=1S/C25H27FIN5O2/c1-30-22-21(23(33)31(2)25(30)34)32(16-18-11-12-20(26)14-19(18)15-27)24(29-22)28-13-7-6-10-17-8-4-3-5-9-17/h3-5,8-9,11-12,14H,6-7,10,13,15-16H2,1-2H3,(H,28,29). The highest BCUT2D eigenvalue weighted by Gasteiger charge is 2.20. The van der Waals surface area contributed by atoms with Gasteiger partial charge in [-0.2, -0.15) is 4.98 Å². The summed E-state index contributed by atoms with van der Waals surface area (Å²) >= 11 is 2.20. The fraction of sp³-hybridized carbons (Fsp3) is 0.320. The van der Waals surface area contributed by atoms with Crippen LogP contribution in [0.15, 0.2) is 58.1 Å². The summed E-state index contributed by atoms with van der Waals surface area (Å²) in [7, 11) is 3.07.